The number of amides is 8. The van der Waals surface area contributed by atoms with Crippen molar-refractivity contribution in [2.45, 2.75) is 88.7 Å². The normalized spacial score (nSPS) is 15.9. The Hall–Kier alpha value is -12.7. The second-order valence-electron chi connectivity index (χ2n) is 31.7. The van der Waals surface area contributed by atoms with Gasteiger partial charge in [-0.15, -0.1) is 0 Å². The highest BCUT2D eigenvalue weighted by atomic mass is 35.5. The van der Waals surface area contributed by atoms with Crippen molar-refractivity contribution in [3.63, 3.8) is 0 Å². The first-order valence-electron chi connectivity index (χ1n) is 42.2. The molecule has 712 valence electrons. The van der Waals surface area contributed by atoms with E-state index in [-0.39, 0.29) is 130 Å². The fraction of sp³-hybridized carbons (Fsp3) is 0.354. The first-order valence-corrected chi connectivity index (χ1v) is 43.8. The Kier molecular flexibility index (Phi) is 44.4. The van der Waals surface area contributed by atoms with E-state index in [9.17, 15) is 69.9 Å². The molecule has 6 heterocycles. The maximum Gasteiger partial charge on any atom is 0.429 e. The molecule has 0 spiro atoms. The molecule has 8 aromatic carbocycles. The van der Waals surface area contributed by atoms with Gasteiger partial charge in [-0.3, -0.25) is 43.6 Å². The van der Waals surface area contributed by atoms with Crippen LogP contribution in [-0.2, 0) is 94.9 Å². The van der Waals surface area contributed by atoms with Crippen LogP contribution in [0.3, 0.4) is 0 Å². The molecule has 8 amide bonds. The van der Waals surface area contributed by atoms with Gasteiger partial charge in [0, 0.05) is 43.5 Å². The highest BCUT2D eigenvalue weighted by Gasteiger charge is 2.41. The quantitative estimate of drug-likeness (QED) is 0.0187. The van der Waals surface area contributed by atoms with Gasteiger partial charge in [-0.25, -0.2) is 87.2 Å². The standard InChI is InChI=1S/2C21H24FN3O3.C19H17FN2O4.2C13H18FN3O.C6H5ClN2OS.C2H7N.CH4/c2*1-23(2)19-13-24(20(26)12-16-8-10-18(22)11-9-16)25(14-19)21(27)28-15-17-6-4-3-5-7-17;20-16-8-6-14(7-9-16)10-18(24)21-11-17(23)12-22(21)19(25)26-13-15-4-2-1-3-5-15;2*1-16(2)12-8-15-17(9-12)13(18)7-10-3-5-11(14)6-4-10;1-11-6-8-3-2-4(9-6)5(7)10;1-3-2;/h2*3-11,19H,12-15H2,1-2H3;1-9H,10-13H2;2*3-6,12,15H,7-9H2,1-2H3;2-3H,1H3;3H,1-2H3;1H4. The second kappa shape index (κ2) is 55.0. The van der Waals surface area contributed by atoms with Crippen molar-refractivity contribution >= 4 is 82.2 Å². The molecular weight excluding hydrogens is 1760 g/mol. The van der Waals surface area contributed by atoms with Gasteiger partial charge in [-0.1, -0.05) is 171 Å². The molecule has 9 aromatic rings. The molecule has 5 saturated heterocycles. The number of thioether (sulfide) groups is 1. The summed E-state index contributed by atoms with van der Waals surface area (Å²) in [4.78, 5) is 138. The number of halogens is 6. The zero-order chi connectivity index (χ0) is 95.9. The van der Waals surface area contributed by atoms with E-state index in [1.807, 2.05) is 165 Å². The number of rotatable bonds is 22. The van der Waals surface area contributed by atoms with Crippen molar-refractivity contribution in [3.05, 3.63) is 304 Å². The molecule has 4 unspecified atom stereocenters. The molecule has 133 heavy (non-hydrogen) atoms. The number of carbonyl (C=O) groups is 10. The van der Waals surface area contributed by atoms with Crippen LogP contribution in [0.4, 0.5) is 36.3 Å². The lowest BCUT2D eigenvalue weighted by atomic mass is 10.1. The topological polar surface area (TPSA) is 299 Å². The number of carbonyl (C=O) groups excluding carboxylic acids is 10. The van der Waals surface area contributed by atoms with Gasteiger partial charge in [0.25, 0.3) is 5.24 Å². The zero-order valence-corrected chi connectivity index (χ0v) is 77.2. The lowest BCUT2D eigenvalue weighted by molar-refractivity contribution is -0.141. The van der Waals surface area contributed by atoms with Crippen LogP contribution in [0.2, 0.25) is 0 Å². The third-order valence-corrected chi connectivity index (χ3v) is 21.6. The van der Waals surface area contributed by atoms with Gasteiger partial charge in [0.2, 0.25) is 29.5 Å². The molecular formula is C96H117ClF5N17O13S. The minimum atomic E-state index is -0.757. The van der Waals surface area contributed by atoms with Crippen molar-refractivity contribution < 1.29 is 84.1 Å². The lowest BCUT2D eigenvalue weighted by Crippen LogP contribution is -2.45. The molecule has 3 N–H and O–H groups in total. The Balaban J connectivity index is 0.000000221. The summed E-state index contributed by atoms with van der Waals surface area (Å²) in [7, 11) is 19.4. The molecule has 37 heteroatoms. The second-order valence-corrected chi connectivity index (χ2v) is 32.8. The number of likely N-dealkylation sites (N-methyl/N-ethyl adjacent to an activating group) is 4. The van der Waals surface area contributed by atoms with E-state index in [0.717, 1.165) is 50.9 Å². The van der Waals surface area contributed by atoms with Gasteiger partial charge in [0.05, 0.1) is 71.4 Å². The lowest BCUT2D eigenvalue weighted by Gasteiger charge is -2.27. The average molecular weight is 1880 g/mol. The Bertz CT molecular complexity index is 4960. The highest BCUT2D eigenvalue weighted by Crippen LogP contribution is 2.24. The van der Waals surface area contributed by atoms with Crippen molar-refractivity contribution in [1.82, 2.24) is 85.8 Å². The molecule has 0 bridgehead atoms. The third kappa shape index (κ3) is 35.8. The summed E-state index contributed by atoms with van der Waals surface area (Å²) in [6.07, 6.45) is 2.20. The van der Waals surface area contributed by atoms with Crippen LogP contribution >= 0.6 is 23.4 Å². The number of benzene rings is 8. The van der Waals surface area contributed by atoms with Gasteiger partial charge in [0.15, 0.2) is 10.9 Å². The molecule has 0 radical (unpaired) electrons. The van der Waals surface area contributed by atoms with Crippen LogP contribution in [-0.4, -0.2) is 295 Å². The van der Waals surface area contributed by atoms with Crippen LogP contribution in [0.15, 0.2) is 230 Å². The Morgan fingerprint density at radius 1 is 0.383 bits per heavy atom. The Labute approximate surface area is 782 Å². The number of ether oxygens (including phenoxy) is 3. The summed E-state index contributed by atoms with van der Waals surface area (Å²) in [6, 6.07) is 59.2. The molecule has 0 aliphatic carbocycles. The smallest absolute Gasteiger partial charge is 0.429 e. The summed E-state index contributed by atoms with van der Waals surface area (Å²) in [5.74, 6) is -2.77. The minimum absolute atomic E-state index is 0. The van der Waals surface area contributed by atoms with Gasteiger partial charge < -0.3 is 39.1 Å². The van der Waals surface area contributed by atoms with Crippen molar-refractivity contribution in [2.75, 3.05) is 142 Å². The van der Waals surface area contributed by atoms with Crippen LogP contribution in [0.1, 0.15) is 62.4 Å². The Morgan fingerprint density at radius 2 is 0.654 bits per heavy atom. The maximum atomic E-state index is 13.1. The Morgan fingerprint density at radius 3 is 0.932 bits per heavy atom. The number of aromatic nitrogens is 2. The fourth-order valence-electron chi connectivity index (χ4n) is 13.2. The first-order chi connectivity index (χ1) is 63.2. The summed E-state index contributed by atoms with van der Waals surface area (Å²) in [5.41, 5.74) is 12.6. The zero-order valence-electron chi connectivity index (χ0n) is 75.6. The first kappa shape index (κ1) is 107. The van der Waals surface area contributed by atoms with Crippen molar-refractivity contribution in [1.29, 1.82) is 0 Å². The van der Waals surface area contributed by atoms with Gasteiger partial charge in [-0.2, -0.15) is 0 Å². The molecule has 1 aromatic heterocycles. The highest BCUT2D eigenvalue weighted by molar-refractivity contribution is 7.98. The molecule has 5 aliphatic rings. The number of hydrogen-bond donors (Lipinski definition) is 3. The molecule has 0 saturated carbocycles. The van der Waals surface area contributed by atoms with E-state index in [0.29, 0.717) is 86.0 Å². The van der Waals surface area contributed by atoms with Crippen molar-refractivity contribution in [3.8, 4) is 0 Å². The molecule has 5 aliphatic heterocycles. The number of ketones is 1. The van der Waals surface area contributed by atoms with Crippen LogP contribution in [0, 0.1) is 29.1 Å². The number of hydrogen-bond acceptors (Lipinski definition) is 23. The monoisotopic (exact) mass is 1880 g/mol. The predicted molar refractivity (Wildman–Crippen MR) is 496 cm³/mol. The molecule has 30 nitrogen and oxygen atoms in total. The van der Waals surface area contributed by atoms with Gasteiger partial charge in [-0.05, 0) is 200 Å². The largest absolute Gasteiger partial charge is 0.443 e. The number of nitrogens with zero attached hydrogens (tertiary/aromatic N) is 14. The summed E-state index contributed by atoms with van der Waals surface area (Å²) in [5, 5.41) is 13.7. The summed E-state index contributed by atoms with van der Waals surface area (Å²) >= 11 is 6.56. The van der Waals surface area contributed by atoms with Crippen LogP contribution in [0.5, 0.6) is 0 Å². The van der Waals surface area contributed by atoms with E-state index in [4.69, 9.17) is 25.8 Å². The SMILES string of the molecule is C.CN(C)C1CN(C(=O)Cc2ccc(F)cc2)N(C(=O)OCc2ccccc2)C1.CN(C)C1CN(C(=O)Cc2ccc(F)cc2)N(C(=O)OCc2ccccc2)C1.CN(C)C1CNN(C(=O)Cc2ccc(F)cc2)C1.CN(C)C1CNN(C(=O)Cc2ccc(F)cc2)C1.CNC.CSc1nccc(C(=O)Cl)n1.O=C1CN(C(=O)Cc2ccc(F)cc2)N(C(=O)OCc2ccccc2)C1. The van der Waals surface area contributed by atoms with Crippen molar-refractivity contribution in [2.24, 2.45) is 0 Å². The number of Topliss-reactive ketones (excluding diaryl/α,β-unsaturated/α-hetero) is 1. The maximum absolute atomic E-state index is 13.1. The third-order valence-electron chi connectivity index (χ3n) is 20.9. The molecule has 14 rings (SSSR count). The van der Waals surface area contributed by atoms with Gasteiger partial charge >= 0.3 is 18.3 Å². The fourth-order valence-corrected chi connectivity index (χ4v) is 13.6. The molecule has 5 fully saturated rings. The van der Waals surface area contributed by atoms with E-state index >= 15 is 0 Å². The molecule has 4 atom stereocenters. The van der Waals surface area contributed by atoms with Gasteiger partial charge in [0.1, 0.15) is 67.7 Å². The minimum Gasteiger partial charge on any atom is -0.443 e. The summed E-state index contributed by atoms with van der Waals surface area (Å²) in [6.45, 7) is 4.41. The van der Waals surface area contributed by atoms with E-state index in [1.165, 1.54) is 117 Å². The number of nitrogens with one attached hydrogen (secondary N) is 3. The summed E-state index contributed by atoms with van der Waals surface area (Å²) < 4.78 is 80.7. The van der Waals surface area contributed by atoms with Crippen LogP contribution < -0.4 is 16.2 Å². The number of hydrazine groups is 5. The van der Waals surface area contributed by atoms with E-state index in [2.05, 4.69) is 35.9 Å². The van der Waals surface area contributed by atoms with E-state index < -0.39 is 35.2 Å². The van der Waals surface area contributed by atoms with E-state index in [1.54, 1.807) is 70.7 Å². The predicted octanol–water partition coefficient (Wildman–Crippen LogP) is 11.1. The van der Waals surface area contributed by atoms with Crippen LogP contribution in [0.25, 0.3) is 0 Å². The average Bonchev–Trinajstić information content (AvgIpc) is 1.68.